The third-order valence-electron chi connectivity index (χ3n) is 2.31. The van der Waals surface area contributed by atoms with Crippen LogP contribution in [0.25, 0.3) is 0 Å². The molecule has 0 bridgehead atoms. The molecule has 4 nitrogen and oxygen atoms in total. The molecule has 1 atom stereocenters. The maximum atomic E-state index is 5.56. The van der Waals surface area contributed by atoms with Crippen LogP contribution >= 0.6 is 11.3 Å². The van der Waals surface area contributed by atoms with Crippen LogP contribution in [0.3, 0.4) is 0 Å². The summed E-state index contributed by atoms with van der Waals surface area (Å²) < 4.78 is 0. The fourth-order valence-corrected chi connectivity index (χ4v) is 2.22. The Balaban J connectivity index is 2.32. The van der Waals surface area contributed by atoms with E-state index in [-0.39, 0.29) is 6.04 Å². The molecule has 0 amide bonds. The van der Waals surface area contributed by atoms with Crippen LogP contribution in [0.15, 0.2) is 23.8 Å². The highest BCUT2D eigenvalue weighted by atomic mass is 32.1. The first kappa shape index (κ1) is 11.2. The molecule has 84 valence electrons. The topological polar surface area (TPSA) is 63.8 Å². The minimum atomic E-state index is -0.134. The Morgan fingerprint density at radius 3 is 2.50 bits per heavy atom. The van der Waals surface area contributed by atoms with Crippen LogP contribution in [0.5, 0.6) is 0 Å². The Morgan fingerprint density at radius 1 is 1.31 bits per heavy atom. The number of thiophene rings is 1. The fourth-order valence-electron chi connectivity index (χ4n) is 1.49. The van der Waals surface area contributed by atoms with E-state index in [1.54, 1.807) is 23.7 Å². The van der Waals surface area contributed by atoms with Gasteiger partial charge in [0.05, 0.1) is 0 Å². The van der Waals surface area contributed by atoms with E-state index in [1.165, 1.54) is 4.88 Å². The summed E-state index contributed by atoms with van der Waals surface area (Å²) in [6.45, 7) is 4.03. The number of nitrogens with one attached hydrogen (secondary N) is 1. The molecule has 3 N–H and O–H groups in total. The Morgan fingerprint density at radius 2 is 2.00 bits per heavy atom. The molecule has 16 heavy (non-hydrogen) atoms. The average Bonchev–Trinajstić information content (AvgIpc) is 2.69. The molecule has 0 saturated carbocycles. The van der Waals surface area contributed by atoms with Gasteiger partial charge in [-0.05, 0) is 36.4 Å². The summed E-state index contributed by atoms with van der Waals surface area (Å²) in [4.78, 5) is 9.82. The molecular formula is C11H14N4S. The lowest BCUT2D eigenvalue weighted by Crippen LogP contribution is -2.29. The quantitative estimate of drug-likeness (QED) is 0.627. The van der Waals surface area contributed by atoms with E-state index in [4.69, 9.17) is 5.84 Å². The number of aromatic nitrogens is 2. The van der Waals surface area contributed by atoms with Crippen molar-refractivity contribution >= 4 is 11.3 Å². The van der Waals surface area contributed by atoms with E-state index >= 15 is 0 Å². The molecule has 2 aromatic rings. The third-order valence-corrected chi connectivity index (χ3v) is 3.19. The summed E-state index contributed by atoms with van der Waals surface area (Å²) in [6, 6.07) is 1.96. The van der Waals surface area contributed by atoms with Crippen molar-refractivity contribution < 1.29 is 0 Å². The van der Waals surface area contributed by atoms with Gasteiger partial charge in [-0.25, -0.2) is 15.4 Å². The van der Waals surface area contributed by atoms with Gasteiger partial charge in [-0.15, -0.1) is 11.3 Å². The smallest absolute Gasteiger partial charge is 0.150 e. The fraction of sp³-hybridized carbons (Fsp3) is 0.273. The molecule has 0 aliphatic carbocycles. The van der Waals surface area contributed by atoms with E-state index < -0.39 is 0 Å². The van der Waals surface area contributed by atoms with Crippen molar-refractivity contribution in [2.45, 2.75) is 19.9 Å². The molecule has 1 unspecified atom stereocenters. The van der Waals surface area contributed by atoms with Crippen molar-refractivity contribution in [3.05, 3.63) is 45.7 Å². The molecule has 0 aliphatic heterocycles. The van der Waals surface area contributed by atoms with E-state index in [0.717, 1.165) is 11.1 Å². The van der Waals surface area contributed by atoms with Gasteiger partial charge in [0.15, 0.2) is 5.82 Å². The van der Waals surface area contributed by atoms with Crippen molar-refractivity contribution in [2.75, 3.05) is 0 Å². The van der Waals surface area contributed by atoms with Gasteiger partial charge in [0.2, 0.25) is 0 Å². The zero-order valence-corrected chi connectivity index (χ0v) is 10.1. The van der Waals surface area contributed by atoms with E-state index in [0.29, 0.717) is 5.82 Å². The predicted molar refractivity (Wildman–Crippen MR) is 65.0 cm³/mol. The largest absolute Gasteiger partial charge is 0.270 e. The summed E-state index contributed by atoms with van der Waals surface area (Å²) in [7, 11) is 0. The van der Waals surface area contributed by atoms with Crippen molar-refractivity contribution in [1.82, 2.24) is 15.4 Å². The minimum absolute atomic E-state index is 0.134. The molecule has 2 aromatic heterocycles. The lowest BCUT2D eigenvalue weighted by molar-refractivity contribution is 0.602. The number of hydrazine groups is 1. The van der Waals surface area contributed by atoms with E-state index in [2.05, 4.69) is 33.8 Å². The van der Waals surface area contributed by atoms with Crippen LogP contribution in [-0.2, 0) is 0 Å². The Bertz CT molecular complexity index is 463. The van der Waals surface area contributed by atoms with Crippen molar-refractivity contribution in [2.24, 2.45) is 5.84 Å². The Kier molecular flexibility index (Phi) is 3.28. The normalized spacial score (nSPS) is 12.7. The lowest BCUT2D eigenvalue weighted by atomic mass is 10.1. The number of nitrogens with zero attached hydrogens (tertiary/aromatic N) is 2. The van der Waals surface area contributed by atoms with Gasteiger partial charge < -0.3 is 0 Å². The first-order chi connectivity index (χ1) is 7.70. The number of hydrogen-bond donors (Lipinski definition) is 2. The third kappa shape index (κ3) is 2.27. The first-order valence-electron chi connectivity index (χ1n) is 5.00. The average molecular weight is 234 g/mol. The second-order valence-electron chi connectivity index (χ2n) is 3.71. The van der Waals surface area contributed by atoms with Gasteiger partial charge in [0, 0.05) is 17.3 Å². The van der Waals surface area contributed by atoms with Crippen LogP contribution < -0.4 is 11.3 Å². The number of rotatable bonds is 3. The van der Waals surface area contributed by atoms with Crippen molar-refractivity contribution in [1.29, 1.82) is 0 Å². The van der Waals surface area contributed by atoms with Crippen LogP contribution in [0.4, 0.5) is 0 Å². The van der Waals surface area contributed by atoms with Crippen LogP contribution in [0, 0.1) is 13.8 Å². The molecule has 0 aromatic carbocycles. The van der Waals surface area contributed by atoms with Gasteiger partial charge >= 0.3 is 0 Å². The number of hydrogen-bond acceptors (Lipinski definition) is 5. The van der Waals surface area contributed by atoms with Crippen LogP contribution in [0.1, 0.15) is 27.9 Å². The molecule has 0 radical (unpaired) electrons. The predicted octanol–water partition coefficient (Wildman–Crippen LogP) is 1.71. The zero-order valence-electron chi connectivity index (χ0n) is 9.27. The van der Waals surface area contributed by atoms with Crippen LogP contribution in [0.2, 0.25) is 0 Å². The highest BCUT2D eigenvalue weighted by Crippen LogP contribution is 2.23. The SMILES string of the molecule is Cc1cnc(C(NN)c2csc(C)c2)nc1. The van der Waals surface area contributed by atoms with E-state index in [1.807, 2.05) is 6.92 Å². The molecule has 0 fully saturated rings. The zero-order chi connectivity index (χ0) is 11.5. The molecule has 5 heteroatoms. The Labute approximate surface area is 98.5 Å². The summed E-state index contributed by atoms with van der Waals surface area (Å²) in [5.41, 5.74) is 4.90. The summed E-state index contributed by atoms with van der Waals surface area (Å²) in [5.74, 6) is 6.26. The first-order valence-corrected chi connectivity index (χ1v) is 5.88. The molecule has 0 saturated heterocycles. The van der Waals surface area contributed by atoms with Crippen molar-refractivity contribution in [3.8, 4) is 0 Å². The number of nitrogens with two attached hydrogens (primary N) is 1. The maximum Gasteiger partial charge on any atom is 0.150 e. The molecule has 0 spiro atoms. The standard InChI is InChI=1S/C11H14N4S/c1-7-4-13-11(14-5-7)10(15-12)9-3-8(2)16-6-9/h3-6,10,15H,12H2,1-2H3. The van der Waals surface area contributed by atoms with Gasteiger partial charge in [-0.3, -0.25) is 5.84 Å². The minimum Gasteiger partial charge on any atom is -0.270 e. The second-order valence-corrected chi connectivity index (χ2v) is 4.82. The second kappa shape index (κ2) is 4.69. The maximum absolute atomic E-state index is 5.56. The molecule has 2 rings (SSSR count). The van der Waals surface area contributed by atoms with Crippen LogP contribution in [-0.4, -0.2) is 9.97 Å². The monoisotopic (exact) mass is 234 g/mol. The summed E-state index contributed by atoms with van der Waals surface area (Å²) in [6.07, 6.45) is 3.60. The van der Waals surface area contributed by atoms with E-state index in [9.17, 15) is 0 Å². The molecular weight excluding hydrogens is 220 g/mol. The summed E-state index contributed by atoms with van der Waals surface area (Å²) >= 11 is 1.69. The van der Waals surface area contributed by atoms with Crippen molar-refractivity contribution in [3.63, 3.8) is 0 Å². The highest BCUT2D eigenvalue weighted by molar-refractivity contribution is 7.10. The summed E-state index contributed by atoms with van der Waals surface area (Å²) in [5, 5.41) is 2.07. The van der Waals surface area contributed by atoms with Gasteiger partial charge in [0.25, 0.3) is 0 Å². The highest BCUT2D eigenvalue weighted by Gasteiger charge is 2.15. The van der Waals surface area contributed by atoms with Gasteiger partial charge in [-0.1, -0.05) is 0 Å². The lowest BCUT2D eigenvalue weighted by Gasteiger charge is -2.12. The number of aryl methyl sites for hydroxylation is 2. The van der Waals surface area contributed by atoms with Gasteiger partial charge in [0.1, 0.15) is 6.04 Å². The molecule has 2 heterocycles. The Hall–Kier alpha value is -1.30. The van der Waals surface area contributed by atoms with Gasteiger partial charge in [-0.2, -0.15) is 0 Å². The molecule has 0 aliphatic rings.